The first kappa shape index (κ1) is 16.1. The highest BCUT2D eigenvalue weighted by atomic mass is 32.2. The Bertz CT molecular complexity index is 515. The van der Waals surface area contributed by atoms with E-state index in [2.05, 4.69) is 16.7 Å². The van der Waals surface area contributed by atoms with Crippen LogP contribution in [0.5, 0.6) is 0 Å². The molecule has 0 saturated heterocycles. The van der Waals surface area contributed by atoms with Crippen LogP contribution in [0.4, 0.5) is 11.5 Å². The predicted octanol–water partition coefficient (Wildman–Crippen LogP) is 3.77. The second-order valence-corrected chi connectivity index (χ2v) is 6.96. The van der Waals surface area contributed by atoms with Crippen LogP contribution in [0, 0.1) is 17.0 Å². The van der Waals surface area contributed by atoms with E-state index in [9.17, 15) is 10.1 Å². The van der Waals surface area contributed by atoms with Gasteiger partial charge in [-0.3, -0.25) is 10.1 Å². The zero-order chi connectivity index (χ0) is 15.6. The van der Waals surface area contributed by atoms with Gasteiger partial charge in [-0.05, 0) is 39.9 Å². The highest BCUT2D eigenvalue weighted by molar-refractivity contribution is 7.99. The number of anilines is 1. The second-order valence-electron chi connectivity index (χ2n) is 5.89. The molecule has 1 saturated carbocycles. The van der Waals surface area contributed by atoms with E-state index < -0.39 is 0 Å². The van der Waals surface area contributed by atoms with Crippen molar-refractivity contribution in [2.24, 2.45) is 0 Å². The van der Waals surface area contributed by atoms with Crippen molar-refractivity contribution in [3.63, 3.8) is 0 Å². The molecule has 21 heavy (non-hydrogen) atoms. The zero-order valence-corrected chi connectivity index (χ0v) is 13.9. The monoisotopic (exact) mass is 312 g/mol. The summed E-state index contributed by atoms with van der Waals surface area (Å²) in [7, 11) is 0. The molecule has 0 bridgehead atoms. The van der Waals surface area contributed by atoms with Crippen molar-refractivity contribution in [1.82, 2.24) is 9.78 Å². The van der Waals surface area contributed by atoms with Gasteiger partial charge < -0.3 is 5.32 Å². The molecule has 0 amide bonds. The van der Waals surface area contributed by atoms with Crippen LogP contribution in [-0.4, -0.2) is 32.3 Å². The van der Waals surface area contributed by atoms with Gasteiger partial charge in [-0.25, -0.2) is 4.68 Å². The van der Waals surface area contributed by atoms with Gasteiger partial charge in [0.25, 0.3) is 0 Å². The number of nitrogens with zero attached hydrogens (tertiary/aromatic N) is 3. The Labute approximate surface area is 129 Å². The highest BCUT2D eigenvalue weighted by Gasteiger charge is 2.31. The van der Waals surface area contributed by atoms with Gasteiger partial charge in [-0.15, -0.1) is 0 Å². The maximum Gasteiger partial charge on any atom is 0.333 e. The number of nitro groups is 1. The molecule has 2 atom stereocenters. The number of aryl methyl sites for hydroxylation is 1. The van der Waals surface area contributed by atoms with Crippen molar-refractivity contribution in [2.45, 2.75) is 63.8 Å². The number of hydrogen-bond donors (Lipinski definition) is 1. The fraction of sp³-hybridized carbons (Fsp3) is 0.786. The molecule has 0 aromatic carbocycles. The maximum atomic E-state index is 11.4. The van der Waals surface area contributed by atoms with Crippen LogP contribution >= 0.6 is 11.8 Å². The number of rotatable bonds is 5. The van der Waals surface area contributed by atoms with Crippen LogP contribution in [0.1, 0.15) is 51.3 Å². The first-order chi connectivity index (χ1) is 9.95. The summed E-state index contributed by atoms with van der Waals surface area (Å²) in [6, 6.07) is 0.372. The van der Waals surface area contributed by atoms with Gasteiger partial charge in [0.15, 0.2) is 0 Å². The Morgan fingerprint density at radius 1 is 1.43 bits per heavy atom. The maximum absolute atomic E-state index is 11.4. The van der Waals surface area contributed by atoms with Crippen LogP contribution in [-0.2, 0) is 0 Å². The lowest BCUT2D eigenvalue weighted by atomic mass is 9.95. The predicted molar refractivity (Wildman–Crippen MR) is 87.2 cm³/mol. The third kappa shape index (κ3) is 3.33. The summed E-state index contributed by atoms with van der Waals surface area (Å²) in [6.45, 7) is 5.69. The standard InChI is InChI=1S/C14H24N4O2S/c1-9(2)17-14(13(18(19)20)10(3)16-17)15-11-7-5-6-8-12(11)21-4/h9,11-12,15H,5-8H2,1-4H3. The molecule has 1 fully saturated rings. The van der Waals surface area contributed by atoms with Crippen molar-refractivity contribution >= 4 is 23.3 Å². The molecule has 6 nitrogen and oxygen atoms in total. The Hall–Kier alpha value is -1.24. The summed E-state index contributed by atoms with van der Waals surface area (Å²) in [4.78, 5) is 11.1. The lowest BCUT2D eigenvalue weighted by molar-refractivity contribution is -0.384. The van der Waals surface area contributed by atoms with Crippen LogP contribution in [0.25, 0.3) is 0 Å². The van der Waals surface area contributed by atoms with Crippen molar-refractivity contribution in [3.05, 3.63) is 15.8 Å². The molecule has 2 unspecified atom stereocenters. The van der Waals surface area contributed by atoms with E-state index in [-0.39, 0.29) is 22.7 Å². The number of hydrogen-bond acceptors (Lipinski definition) is 5. The smallest absolute Gasteiger partial charge is 0.333 e. The Kier molecular flexibility index (Phi) is 5.13. The molecular formula is C14H24N4O2S. The lowest BCUT2D eigenvalue weighted by Crippen LogP contribution is -2.35. The summed E-state index contributed by atoms with van der Waals surface area (Å²) < 4.78 is 1.75. The average molecular weight is 312 g/mol. The fourth-order valence-electron chi connectivity index (χ4n) is 2.99. The first-order valence-electron chi connectivity index (χ1n) is 7.48. The van der Waals surface area contributed by atoms with Crippen molar-refractivity contribution in [1.29, 1.82) is 0 Å². The Morgan fingerprint density at radius 2 is 2.10 bits per heavy atom. The van der Waals surface area contributed by atoms with Gasteiger partial charge in [0.1, 0.15) is 5.69 Å². The summed E-state index contributed by atoms with van der Waals surface area (Å²) in [6.07, 6.45) is 6.77. The molecular weight excluding hydrogens is 288 g/mol. The number of nitrogens with one attached hydrogen (secondary N) is 1. The van der Waals surface area contributed by atoms with Gasteiger partial charge >= 0.3 is 5.69 Å². The van der Waals surface area contributed by atoms with Gasteiger partial charge in [0.2, 0.25) is 5.82 Å². The van der Waals surface area contributed by atoms with E-state index >= 15 is 0 Å². The minimum absolute atomic E-state index is 0.0937. The summed E-state index contributed by atoms with van der Waals surface area (Å²) in [5, 5.41) is 19.7. The van der Waals surface area contributed by atoms with E-state index in [1.165, 1.54) is 19.3 Å². The molecule has 1 aliphatic rings. The summed E-state index contributed by atoms with van der Waals surface area (Å²) in [5.41, 5.74) is 0.599. The summed E-state index contributed by atoms with van der Waals surface area (Å²) in [5.74, 6) is 0.568. The molecule has 1 aromatic heterocycles. The van der Waals surface area contributed by atoms with Crippen molar-refractivity contribution in [3.8, 4) is 0 Å². The van der Waals surface area contributed by atoms with Crippen LogP contribution in [0.2, 0.25) is 0 Å². The van der Waals surface area contributed by atoms with Crippen molar-refractivity contribution in [2.75, 3.05) is 11.6 Å². The first-order valence-corrected chi connectivity index (χ1v) is 8.77. The highest BCUT2D eigenvalue weighted by Crippen LogP contribution is 2.35. The Balaban J connectivity index is 2.34. The van der Waals surface area contributed by atoms with Gasteiger partial charge in [-0.1, -0.05) is 12.8 Å². The summed E-state index contributed by atoms with van der Waals surface area (Å²) >= 11 is 1.85. The van der Waals surface area contributed by atoms with Crippen LogP contribution < -0.4 is 5.32 Å². The number of thioether (sulfide) groups is 1. The molecule has 0 aliphatic heterocycles. The average Bonchev–Trinajstić information content (AvgIpc) is 2.76. The quantitative estimate of drug-likeness (QED) is 0.662. The van der Waals surface area contributed by atoms with Gasteiger partial charge in [0, 0.05) is 17.3 Å². The van der Waals surface area contributed by atoms with E-state index in [1.807, 2.05) is 25.6 Å². The zero-order valence-electron chi connectivity index (χ0n) is 13.1. The molecule has 1 aliphatic carbocycles. The normalized spacial score (nSPS) is 22.5. The second kappa shape index (κ2) is 6.68. The molecule has 0 radical (unpaired) electrons. The molecule has 118 valence electrons. The minimum Gasteiger partial charge on any atom is -0.361 e. The molecule has 1 aromatic rings. The fourth-order valence-corrected chi connectivity index (χ4v) is 3.92. The van der Waals surface area contributed by atoms with E-state index in [4.69, 9.17) is 0 Å². The third-order valence-corrected chi connectivity index (χ3v) is 5.22. The largest absolute Gasteiger partial charge is 0.361 e. The minimum atomic E-state index is -0.319. The van der Waals surface area contributed by atoms with Crippen molar-refractivity contribution < 1.29 is 4.92 Å². The molecule has 1 heterocycles. The van der Waals surface area contributed by atoms with Gasteiger partial charge in [0.05, 0.1) is 4.92 Å². The molecule has 7 heteroatoms. The Morgan fingerprint density at radius 3 is 2.67 bits per heavy atom. The number of aromatic nitrogens is 2. The topological polar surface area (TPSA) is 73.0 Å². The van der Waals surface area contributed by atoms with Gasteiger partial charge in [-0.2, -0.15) is 16.9 Å². The molecule has 2 rings (SSSR count). The van der Waals surface area contributed by atoms with E-state index in [0.717, 1.165) is 6.42 Å². The molecule has 0 spiro atoms. The molecule has 1 N–H and O–H groups in total. The third-order valence-electron chi connectivity index (χ3n) is 4.05. The van der Waals surface area contributed by atoms with E-state index in [1.54, 1.807) is 11.6 Å². The van der Waals surface area contributed by atoms with Crippen LogP contribution in [0.15, 0.2) is 0 Å². The van der Waals surface area contributed by atoms with E-state index in [0.29, 0.717) is 16.8 Å². The SMILES string of the molecule is CSC1CCCCC1Nc1c([N+](=O)[O-])c(C)nn1C(C)C. The lowest BCUT2D eigenvalue weighted by Gasteiger charge is -2.31. The van der Waals surface area contributed by atoms with Crippen LogP contribution in [0.3, 0.4) is 0 Å².